The van der Waals surface area contributed by atoms with Gasteiger partial charge in [-0.25, -0.2) is 0 Å². The Morgan fingerprint density at radius 2 is 1.71 bits per heavy atom. The Morgan fingerprint density at radius 1 is 1.00 bits per heavy atom. The van der Waals surface area contributed by atoms with E-state index < -0.39 is 0 Å². The van der Waals surface area contributed by atoms with E-state index in [4.69, 9.17) is 4.52 Å². The van der Waals surface area contributed by atoms with Crippen molar-refractivity contribution < 1.29 is 4.52 Å². The highest BCUT2D eigenvalue weighted by molar-refractivity contribution is 5.54. The fraction of sp³-hybridized carbons (Fsp3) is 0.222. The molecule has 1 unspecified atom stereocenters. The first-order chi connectivity index (χ1) is 10.3. The topological polar surface area (TPSA) is 38.9 Å². The number of nitrogens with zero attached hydrogens (tertiary/aromatic N) is 2. The van der Waals surface area contributed by atoms with Gasteiger partial charge in [-0.05, 0) is 18.9 Å². The van der Waals surface area contributed by atoms with Crippen LogP contribution in [0.3, 0.4) is 0 Å². The SMILES string of the molecule is CCC(c1ccccc1)c1nc(-c2ccc(C)cc2)no1. The lowest BCUT2D eigenvalue weighted by Crippen LogP contribution is -1.99. The number of aromatic nitrogens is 2. The molecule has 0 aliphatic rings. The molecule has 1 atom stereocenters. The predicted octanol–water partition coefficient (Wildman–Crippen LogP) is 4.59. The number of aryl methyl sites for hydroxylation is 1. The number of rotatable bonds is 4. The molecule has 3 heteroatoms. The van der Waals surface area contributed by atoms with Gasteiger partial charge in [-0.1, -0.05) is 72.2 Å². The molecule has 0 amide bonds. The molecule has 3 rings (SSSR count). The molecule has 21 heavy (non-hydrogen) atoms. The van der Waals surface area contributed by atoms with Gasteiger partial charge in [0.15, 0.2) is 0 Å². The lowest BCUT2D eigenvalue weighted by molar-refractivity contribution is 0.363. The molecule has 0 N–H and O–H groups in total. The third kappa shape index (κ3) is 2.87. The summed E-state index contributed by atoms with van der Waals surface area (Å²) in [5, 5.41) is 4.12. The molecule has 1 aromatic heterocycles. The molecule has 0 saturated carbocycles. The summed E-state index contributed by atoms with van der Waals surface area (Å²) >= 11 is 0. The van der Waals surface area contributed by atoms with E-state index >= 15 is 0 Å². The summed E-state index contributed by atoms with van der Waals surface area (Å²) in [7, 11) is 0. The zero-order valence-electron chi connectivity index (χ0n) is 12.3. The Hall–Kier alpha value is -2.42. The predicted molar refractivity (Wildman–Crippen MR) is 83.0 cm³/mol. The van der Waals surface area contributed by atoms with E-state index in [0.717, 1.165) is 12.0 Å². The number of benzene rings is 2. The number of hydrogen-bond acceptors (Lipinski definition) is 3. The maximum Gasteiger partial charge on any atom is 0.234 e. The quantitative estimate of drug-likeness (QED) is 0.700. The molecule has 0 radical (unpaired) electrons. The van der Waals surface area contributed by atoms with Gasteiger partial charge in [0.05, 0.1) is 5.92 Å². The zero-order valence-corrected chi connectivity index (χ0v) is 12.3. The third-order valence-corrected chi connectivity index (χ3v) is 3.66. The Kier molecular flexibility index (Phi) is 3.82. The Bertz CT molecular complexity index is 702. The first-order valence-electron chi connectivity index (χ1n) is 7.23. The summed E-state index contributed by atoms with van der Waals surface area (Å²) in [5.74, 6) is 1.48. The van der Waals surface area contributed by atoms with Crippen LogP contribution in [0.4, 0.5) is 0 Å². The average Bonchev–Trinajstić information content (AvgIpc) is 2.99. The van der Waals surface area contributed by atoms with Gasteiger partial charge in [-0.15, -0.1) is 0 Å². The highest BCUT2D eigenvalue weighted by atomic mass is 16.5. The maximum atomic E-state index is 5.50. The molecule has 3 nitrogen and oxygen atoms in total. The van der Waals surface area contributed by atoms with Gasteiger partial charge in [0.2, 0.25) is 11.7 Å². The minimum absolute atomic E-state index is 0.151. The standard InChI is InChI=1S/C18H18N2O/c1-3-16(14-7-5-4-6-8-14)18-19-17(20-21-18)15-11-9-13(2)10-12-15/h4-12,16H,3H2,1-2H3. The van der Waals surface area contributed by atoms with Crippen molar-refractivity contribution in [1.29, 1.82) is 0 Å². The van der Waals surface area contributed by atoms with Crippen molar-refractivity contribution in [2.45, 2.75) is 26.2 Å². The number of hydrogen-bond donors (Lipinski definition) is 0. The third-order valence-electron chi connectivity index (χ3n) is 3.66. The molecule has 2 aromatic carbocycles. The highest BCUT2D eigenvalue weighted by Gasteiger charge is 2.19. The second-order valence-electron chi connectivity index (χ2n) is 5.19. The second-order valence-corrected chi connectivity index (χ2v) is 5.19. The van der Waals surface area contributed by atoms with E-state index in [0.29, 0.717) is 11.7 Å². The van der Waals surface area contributed by atoms with Crippen molar-refractivity contribution in [1.82, 2.24) is 10.1 Å². The molecule has 106 valence electrons. The molecule has 0 aliphatic carbocycles. The van der Waals surface area contributed by atoms with Gasteiger partial charge in [-0.2, -0.15) is 4.98 Å². The summed E-state index contributed by atoms with van der Waals surface area (Å²) in [4.78, 5) is 4.58. The molecule has 0 bridgehead atoms. The van der Waals surface area contributed by atoms with Crippen LogP contribution >= 0.6 is 0 Å². The Balaban J connectivity index is 1.92. The van der Waals surface area contributed by atoms with Crippen molar-refractivity contribution in [3.63, 3.8) is 0 Å². The van der Waals surface area contributed by atoms with Crippen LogP contribution in [0.15, 0.2) is 59.1 Å². The maximum absolute atomic E-state index is 5.50. The highest BCUT2D eigenvalue weighted by Crippen LogP contribution is 2.28. The van der Waals surface area contributed by atoms with Crippen LogP contribution in [0.25, 0.3) is 11.4 Å². The first-order valence-corrected chi connectivity index (χ1v) is 7.23. The van der Waals surface area contributed by atoms with Crippen LogP contribution < -0.4 is 0 Å². The molecule has 0 saturated heterocycles. The lowest BCUT2D eigenvalue weighted by atomic mass is 9.96. The molecular formula is C18H18N2O. The Morgan fingerprint density at radius 3 is 2.38 bits per heavy atom. The molecule has 3 aromatic rings. The zero-order chi connectivity index (χ0) is 14.7. The summed E-state index contributed by atoms with van der Waals surface area (Å²) in [6.45, 7) is 4.20. The minimum atomic E-state index is 0.151. The van der Waals surface area contributed by atoms with E-state index in [1.54, 1.807) is 0 Å². The first kappa shape index (κ1) is 13.6. The summed E-state index contributed by atoms with van der Waals surface area (Å²) in [6.07, 6.45) is 0.930. The molecule has 0 spiro atoms. The summed E-state index contributed by atoms with van der Waals surface area (Å²) < 4.78 is 5.50. The van der Waals surface area contributed by atoms with Crippen molar-refractivity contribution in [3.8, 4) is 11.4 Å². The van der Waals surface area contributed by atoms with Crippen LogP contribution in [-0.2, 0) is 0 Å². The van der Waals surface area contributed by atoms with Gasteiger partial charge in [0.25, 0.3) is 0 Å². The van der Waals surface area contributed by atoms with Gasteiger partial charge in [0, 0.05) is 5.56 Å². The van der Waals surface area contributed by atoms with Crippen LogP contribution in [-0.4, -0.2) is 10.1 Å². The molecule has 0 fully saturated rings. The van der Waals surface area contributed by atoms with E-state index in [2.05, 4.69) is 48.3 Å². The molecule has 0 aliphatic heterocycles. The average molecular weight is 278 g/mol. The van der Waals surface area contributed by atoms with E-state index in [9.17, 15) is 0 Å². The summed E-state index contributed by atoms with van der Waals surface area (Å²) in [5.41, 5.74) is 3.41. The fourth-order valence-electron chi connectivity index (χ4n) is 2.43. The van der Waals surface area contributed by atoms with E-state index in [1.165, 1.54) is 11.1 Å². The lowest BCUT2D eigenvalue weighted by Gasteiger charge is -2.09. The van der Waals surface area contributed by atoms with E-state index in [1.807, 2.05) is 30.3 Å². The van der Waals surface area contributed by atoms with Crippen molar-refractivity contribution in [2.75, 3.05) is 0 Å². The van der Waals surface area contributed by atoms with Gasteiger partial charge >= 0.3 is 0 Å². The van der Waals surface area contributed by atoms with Crippen LogP contribution in [0, 0.1) is 6.92 Å². The molecular weight excluding hydrogens is 260 g/mol. The second kappa shape index (κ2) is 5.92. The van der Waals surface area contributed by atoms with Crippen LogP contribution in [0.1, 0.15) is 36.3 Å². The normalized spacial score (nSPS) is 12.3. The Labute approximate surface area is 124 Å². The van der Waals surface area contributed by atoms with Crippen molar-refractivity contribution in [2.24, 2.45) is 0 Å². The molecule has 1 heterocycles. The van der Waals surface area contributed by atoms with Gasteiger partial charge < -0.3 is 4.52 Å². The fourth-order valence-corrected chi connectivity index (χ4v) is 2.43. The van der Waals surface area contributed by atoms with Crippen molar-refractivity contribution in [3.05, 3.63) is 71.6 Å². The largest absolute Gasteiger partial charge is 0.338 e. The van der Waals surface area contributed by atoms with Gasteiger partial charge in [-0.3, -0.25) is 0 Å². The summed E-state index contributed by atoms with van der Waals surface area (Å²) in [6, 6.07) is 18.4. The van der Waals surface area contributed by atoms with Crippen LogP contribution in [0.2, 0.25) is 0 Å². The van der Waals surface area contributed by atoms with Crippen molar-refractivity contribution >= 4 is 0 Å². The van der Waals surface area contributed by atoms with Crippen LogP contribution in [0.5, 0.6) is 0 Å². The minimum Gasteiger partial charge on any atom is -0.338 e. The van der Waals surface area contributed by atoms with Gasteiger partial charge in [0.1, 0.15) is 0 Å². The monoisotopic (exact) mass is 278 g/mol. The smallest absolute Gasteiger partial charge is 0.234 e. The van der Waals surface area contributed by atoms with E-state index in [-0.39, 0.29) is 5.92 Å².